The molecule has 5 N–H and O–H groups in total. The second-order valence-electron chi connectivity index (χ2n) is 12.0. The molecular formula is C35H33F5N4O7. The predicted molar refractivity (Wildman–Crippen MR) is 171 cm³/mol. The molecule has 0 bridgehead atoms. The van der Waals surface area contributed by atoms with E-state index in [2.05, 4.69) is 20.9 Å². The van der Waals surface area contributed by atoms with Crippen molar-refractivity contribution in [2.75, 3.05) is 20.3 Å². The second kappa shape index (κ2) is 15.6. The second-order valence-corrected chi connectivity index (χ2v) is 12.0. The average Bonchev–Trinajstić information content (AvgIpc) is 3.72. The molecule has 51 heavy (non-hydrogen) atoms. The summed E-state index contributed by atoms with van der Waals surface area (Å²) in [6, 6.07) is 8.81. The van der Waals surface area contributed by atoms with Crippen LogP contribution in [0.15, 0.2) is 48.5 Å². The average molecular weight is 717 g/mol. The maximum atomic E-state index is 14.7. The first-order chi connectivity index (χ1) is 24.3. The Morgan fingerprint density at radius 3 is 2.29 bits per heavy atom. The Morgan fingerprint density at radius 1 is 0.961 bits per heavy atom. The van der Waals surface area contributed by atoms with Crippen molar-refractivity contribution >= 4 is 34.4 Å². The topological polar surface area (TPSA) is 159 Å². The third-order valence-corrected chi connectivity index (χ3v) is 8.46. The van der Waals surface area contributed by atoms with Gasteiger partial charge >= 0.3 is 0 Å². The summed E-state index contributed by atoms with van der Waals surface area (Å²) in [5.41, 5.74) is -0.385. The van der Waals surface area contributed by atoms with Gasteiger partial charge in [0.25, 0.3) is 5.91 Å². The highest BCUT2D eigenvalue weighted by Gasteiger charge is 2.35. The Kier molecular flexibility index (Phi) is 11.2. The maximum Gasteiger partial charge on any atom is 0.268 e. The van der Waals surface area contributed by atoms with Crippen molar-refractivity contribution in [1.82, 2.24) is 20.9 Å². The molecule has 4 atom stereocenters. The summed E-state index contributed by atoms with van der Waals surface area (Å²) in [6.45, 7) is -0.0525. The minimum atomic E-state index is -2.00. The number of benzene rings is 3. The molecule has 5 rings (SSSR count). The van der Waals surface area contributed by atoms with Gasteiger partial charge in [0.05, 0.1) is 24.8 Å². The molecule has 16 heteroatoms. The van der Waals surface area contributed by atoms with E-state index in [9.17, 15) is 46.2 Å². The van der Waals surface area contributed by atoms with E-state index in [1.54, 1.807) is 18.2 Å². The summed E-state index contributed by atoms with van der Waals surface area (Å²) >= 11 is 0. The van der Waals surface area contributed by atoms with Gasteiger partial charge in [-0.15, -0.1) is 0 Å². The van der Waals surface area contributed by atoms with Crippen molar-refractivity contribution in [3.63, 3.8) is 0 Å². The lowest BCUT2D eigenvalue weighted by molar-refractivity contribution is -0.131. The van der Waals surface area contributed by atoms with Crippen LogP contribution in [0.25, 0.3) is 10.9 Å². The molecule has 3 amide bonds. The molecule has 0 radical (unpaired) electrons. The number of aliphatic hydroxyl groups excluding tert-OH is 1. The SMILES string of the molecule is COc1cccc2[nH]c(C(=O)NC(Cc3cccc(F)c3)C(=O)NC(CC3CCNC3=O)C(=O)COc3c(F)c(F)c(C(C)O)c(F)c3F)cc12. The van der Waals surface area contributed by atoms with Crippen LogP contribution < -0.4 is 25.4 Å². The van der Waals surface area contributed by atoms with Crippen LogP contribution in [0.3, 0.4) is 0 Å². The summed E-state index contributed by atoms with van der Waals surface area (Å²) in [6.07, 6.45) is -2.21. The summed E-state index contributed by atoms with van der Waals surface area (Å²) in [4.78, 5) is 56.1. The van der Waals surface area contributed by atoms with Crippen LogP contribution in [0.1, 0.15) is 47.5 Å². The lowest BCUT2D eigenvalue weighted by Crippen LogP contribution is -2.53. The third-order valence-electron chi connectivity index (χ3n) is 8.46. The number of aromatic amines is 1. The number of halogens is 5. The van der Waals surface area contributed by atoms with E-state index in [1.165, 1.54) is 31.4 Å². The molecule has 270 valence electrons. The predicted octanol–water partition coefficient (Wildman–Crippen LogP) is 3.93. The van der Waals surface area contributed by atoms with Gasteiger partial charge in [0.2, 0.25) is 23.4 Å². The highest BCUT2D eigenvalue weighted by atomic mass is 19.2. The first kappa shape index (κ1) is 36.8. The number of hydrogen-bond donors (Lipinski definition) is 5. The summed E-state index contributed by atoms with van der Waals surface area (Å²) in [5, 5.41) is 17.7. The lowest BCUT2D eigenvalue weighted by Gasteiger charge is -2.24. The first-order valence-electron chi connectivity index (χ1n) is 15.8. The summed E-state index contributed by atoms with van der Waals surface area (Å²) < 4.78 is 82.6. The number of methoxy groups -OCH3 is 1. The van der Waals surface area contributed by atoms with Crippen molar-refractivity contribution in [3.8, 4) is 11.5 Å². The number of carbonyl (C=O) groups excluding carboxylic acids is 4. The van der Waals surface area contributed by atoms with Gasteiger partial charge in [-0.3, -0.25) is 19.2 Å². The Bertz CT molecular complexity index is 1960. The van der Waals surface area contributed by atoms with Gasteiger partial charge in [-0.25, -0.2) is 13.2 Å². The van der Waals surface area contributed by atoms with Crippen LogP contribution >= 0.6 is 0 Å². The summed E-state index contributed by atoms with van der Waals surface area (Å²) in [5.74, 6) is -13.5. The van der Waals surface area contributed by atoms with Crippen LogP contribution in [0, 0.1) is 35.0 Å². The number of ketones is 1. The van der Waals surface area contributed by atoms with E-state index in [0.29, 0.717) is 22.2 Å². The zero-order valence-electron chi connectivity index (χ0n) is 27.3. The van der Waals surface area contributed by atoms with Crippen LogP contribution in [0.4, 0.5) is 22.0 Å². The monoisotopic (exact) mass is 716 g/mol. The van der Waals surface area contributed by atoms with E-state index in [1.807, 2.05) is 0 Å². The van der Waals surface area contributed by atoms with Crippen LogP contribution in [-0.2, 0) is 20.8 Å². The molecule has 4 unspecified atom stereocenters. The van der Waals surface area contributed by atoms with Gasteiger partial charge < -0.3 is 35.5 Å². The fourth-order valence-corrected chi connectivity index (χ4v) is 5.84. The van der Waals surface area contributed by atoms with E-state index in [0.717, 1.165) is 13.0 Å². The Hall–Kier alpha value is -5.51. The number of rotatable bonds is 14. The number of Topliss-reactive ketones (excluding diaryl/α,β-unsaturated/α-hetero) is 1. The van der Waals surface area contributed by atoms with Gasteiger partial charge in [0, 0.05) is 29.8 Å². The number of carbonyl (C=O) groups is 4. The molecule has 1 aliphatic rings. The number of ether oxygens (including phenoxy) is 2. The van der Waals surface area contributed by atoms with Crippen LogP contribution in [0.5, 0.6) is 11.5 Å². The number of nitrogens with one attached hydrogen (secondary N) is 4. The molecule has 1 fully saturated rings. The van der Waals surface area contributed by atoms with Crippen molar-refractivity contribution in [1.29, 1.82) is 0 Å². The number of aliphatic hydroxyl groups is 1. The Balaban J connectivity index is 1.41. The van der Waals surface area contributed by atoms with Crippen molar-refractivity contribution in [2.45, 2.75) is 44.4 Å². The van der Waals surface area contributed by atoms with E-state index in [-0.39, 0.29) is 31.5 Å². The fourth-order valence-electron chi connectivity index (χ4n) is 5.84. The van der Waals surface area contributed by atoms with E-state index >= 15 is 0 Å². The molecule has 1 aromatic heterocycles. The van der Waals surface area contributed by atoms with Crippen LogP contribution in [-0.4, -0.2) is 65.9 Å². The quantitative estimate of drug-likeness (QED) is 0.0978. The highest BCUT2D eigenvalue weighted by Crippen LogP contribution is 2.33. The lowest BCUT2D eigenvalue weighted by atomic mass is 9.95. The van der Waals surface area contributed by atoms with Gasteiger partial charge in [0.1, 0.15) is 29.9 Å². The highest BCUT2D eigenvalue weighted by molar-refractivity contribution is 6.02. The zero-order valence-corrected chi connectivity index (χ0v) is 27.3. The van der Waals surface area contributed by atoms with Crippen molar-refractivity contribution in [3.05, 3.63) is 94.4 Å². The molecule has 0 aliphatic carbocycles. The zero-order chi connectivity index (χ0) is 37.0. The largest absolute Gasteiger partial charge is 0.496 e. The van der Waals surface area contributed by atoms with Crippen LogP contribution in [0.2, 0.25) is 0 Å². The molecule has 1 saturated heterocycles. The molecule has 2 heterocycles. The number of amides is 3. The fraction of sp³-hybridized carbons (Fsp3) is 0.314. The van der Waals surface area contributed by atoms with Crippen molar-refractivity contribution in [2.24, 2.45) is 5.92 Å². The van der Waals surface area contributed by atoms with Gasteiger partial charge in [0.15, 0.2) is 23.2 Å². The Labute approximate surface area is 287 Å². The minimum absolute atomic E-state index is 0.0420. The smallest absolute Gasteiger partial charge is 0.268 e. The number of aromatic nitrogens is 1. The normalized spacial score (nSPS) is 15.9. The van der Waals surface area contributed by atoms with E-state index < -0.39 is 94.6 Å². The number of fused-ring (bicyclic) bond motifs is 1. The van der Waals surface area contributed by atoms with E-state index in [4.69, 9.17) is 9.47 Å². The molecule has 11 nitrogen and oxygen atoms in total. The third kappa shape index (κ3) is 8.11. The molecule has 1 aliphatic heterocycles. The van der Waals surface area contributed by atoms with Crippen molar-refractivity contribution < 1.29 is 55.7 Å². The molecule has 0 spiro atoms. The molecular weight excluding hydrogens is 683 g/mol. The Morgan fingerprint density at radius 2 is 1.67 bits per heavy atom. The minimum Gasteiger partial charge on any atom is -0.496 e. The summed E-state index contributed by atoms with van der Waals surface area (Å²) in [7, 11) is 1.45. The molecule has 0 saturated carbocycles. The maximum absolute atomic E-state index is 14.7. The standard InChI is InChI=1S/C35H33F5N4O7/c1-16(45)27-28(37)30(39)32(31(40)29(27)38)51-15-25(46)22(13-18-9-10-41-33(18)47)43-34(48)23(12-17-5-3-6-19(36)11-17)44-35(49)24-14-20-21(42-24)7-4-8-26(20)50-2/h3-8,11,14,16,18,22-23,42,45H,9-10,12-13,15H2,1-2H3,(H,41,47)(H,43,48)(H,44,49). The number of hydrogen-bond acceptors (Lipinski definition) is 7. The molecule has 4 aromatic rings. The van der Waals surface area contributed by atoms with Gasteiger partial charge in [-0.05, 0) is 55.7 Å². The number of H-pyrrole nitrogens is 1. The molecule has 3 aromatic carbocycles. The van der Waals surface area contributed by atoms with Gasteiger partial charge in [-0.2, -0.15) is 8.78 Å². The first-order valence-corrected chi connectivity index (χ1v) is 15.8. The van der Waals surface area contributed by atoms with Gasteiger partial charge in [-0.1, -0.05) is 18.2 Å².